The molecular weight excluding hydrogens is 323 g/mol. The van der Waals surface area contributed by atoms with E-state index in [4.69, 9.17) is 9.84 Å². The zero-order valence-corrected chi connectivity index (χ0v) is 13.1. The van der Waals surface area contributed by atoms with Crippen molar-refractivity contribution in [3.05, 3.63) is 29.2 Å². The molecule has 0 fully saturated rings. The lowest BCUT2D eigenvalue weighted by atomic mass is 10.2. The lowest BCUT2D eigenvalue weighted by Crippen LogP contribution is -2.31. The molecule has 1 aliphatic rings. The lowest BCUT2D eigenvalue weighted by molar-refractivity contribution is -0.136. The summed E-state index contributed by atoms with van der Waals surface area (Å²) in [6.45, 7) is -0.270. The summed E-state index contributed by atoms with van der Waals surface area (Å²) in [6, 6.07) is 1.99. The van der Waals surface area contributed by atoms with E-state index in [9.17, 15) is 19.1 Å². The van der Waals surface area contributed by atoms with E-state index in [0.29, 0.717) is 0 Å². The number of ether oxygens (including phenoxy) is 2. The van der Waals surface area contributed by atoms with E-state index in [1.807, 2.05) is 0 Å². The van der Waals surface area contributed by atoms with Gasteiger partial charge in [-0.1, -0.05) is 0 Å². The Labute approximate surface area is 137 Å². The van der Waals surface area contributed by atoms with Gasteiger partial charge in [0.15, 0.2) is 11.6 Å². The second-order valence-electron chi connectivity index (χ2n) is 4.92. The number of carbonyl (C=O) groups is 2. The molecule has 8 nitrogen and oxygen atoms in total. The molecule has 0 aromatic heterocycles. The highest BCUT2D eigenvalue weighted by Gasteiger charge is 2.35. The Kier molecular flexibility index (Phi) is 5.24. The van der Waals surface area contributed by atoms with Gasteiger partial charge in [-0.2, -0.15) is 0 Å². The van der Waals surface area contributed by atoms with Crippen molar-refractivity contribution in [2.24, 2.45) is 0 Å². The molecule has 0 unspecified atom stereocenters. The normalized spacial score (nSPS) is 14.2. The number of benzene rings is 1. The average Bonchev–Trinajstić information content (AvgIpc) is 2.87. The van der Waals surface area contributed by atoms with Crippen LogP contribution in [0.2, 0.25) is 0 Å². The predicted octanol–water partition coefficient (Wildman–Crippen LogP) is 0.213. The first kappa shape index (κ1) is 17.5. The summed E-state index contributed by atoms with van der Waals surface area (Å²) in [6.07, 6.45) is 0. The molecule has 24 heavy (non-hydrogen) atoms. The van der Waals surface area contributed by atoms with Gasteiger partial charge in [-0.15, -0.1) is 0 Å². The average molecular weight is 340 g/mol. The molecule has 0 saturated heterocycles. The van der Waals surface area contributed by atoms with Crippen LogP contribution >= 0.6 is 0 Å². The maximum Gasteiger partial charge on any atom is 0.337 e. The highest BCUT2D eigenvalue weighted by atomic mass is 19.1. The number of aliphatic hydroxyl groups is 1. The minimum atomic E-state index is -0.890. The minimum Gasteiger partial charge on any atom is -0.505 e. The van der Waals surface area contributed by atoms with E-state index in [2.05, 4.69) is 10.1 Å². The molecule has 2 rings (SSSR count). The first-order valence-electron chi connectivity index (χ1n) is 6.98. The zero-order chi connectivity index (χ0) is 17.9. The maximum atomic E-state index is 13.4. The van der Waals surface area contributed by atoms with Crippen molar-refractivity contribution in [3.63, 3.8) is 0 Å². The number of hydrogen-bond donors (Lipinski definition) is 3. The summed E-state index contributed by atoms with van der Waals surface area (Å²) in [7, 11) is 2.47. The molecule has 0 saturated carbocycles. The topological polar surface area (TPSA) is 108 Å². The summed E-state index contributed by atoms with van der Waals surface area (Å²) in [4.78, 5) is 25.5. The summed E-state index contributed by atoms with van der Waals surface area (Å²) in [5, 5.41) is 21.2. The number of nitrogens with zero attached hydrogens (tertiary/aromatic N) is 1. The van der Waals surface area contributed by atoms with Crippen molar-refractivity contribution in [2.45, 2.75) is 0 Å². The van der Waals surface area contributed by atoms with Gasteiger partial charge < -0.3 is 29.9 Å². The van der Waals surface area contributed by atoms with Gasteiger partial charge in [-0.3, -0.25) is 4.79 Å². The van der Waals surface area contributed by atoms with E-state index in [0.717, 1.165) is 12.1 Å². The number of esters is 1. The Morgan fingerprint density at radius 2 is 2.12 bits per heavy atom. The van der Waals surface area contributed by atoms with Crippen LogP contribution in [0, 0.1) is 5.82 Å². The molecule has 130 valence electrons. The second-order valence-corrected chi connectivity index (χ2v) is 4.92. The smallest absolute Gasteiger partial charge is 0.337 e. The fourth-order valence-corrected chi connectivity index (χ4v) is 2.29. The van der Waals surface area contributed by atoms with E-state index in [1.165, 1.54) is 19.1 Å². The Bertz CT molecular complexity index is 703. The molecule has 1 aliphatic heterocycles. The summed E-state index contributed by atoms with van der Waals surface area (Å²) < 4.78 is 23.1. The second kappa shape index (κ2) is 7.18. The number of anilines is 1. The number of β-amino-alcohol motifs (C(OH)–C–C–N with tert-alkyl or cyclic N) is 1. The molecule has 1 aromatic carbocycles. The lowest BCUT2D eigenvalue weighted by Gasteiger charge is -2.16. The number of carbonyl (C=O) groups excluding carboxylic acids is 2. The third-order valence-corrected chi connectivity index (χ3v) is 3.48. The summed E-state index contributed by atoms with van der Waals surface area (Å²) >= 11 is 0. The van der Waals surface area contributed by atoms with Gasteiger partial charge in [0, 0.05) is 18.7 Å². The summed E-state index contributed by atoms with van der Waals surface area (Å²) in [5.41, 5.74) is 0.0772. The standard InChI is InChI=1S/C15H17FN2O6/c1-23-12-5-9(16)11(20)6-10(12)17-13-8(15(22)24-2)7-18(3-4-19)14(13)21/h5-6,17,19-20H,3-4,7H2,1-2H3. The molecule has 0 spiro atoms. The van der Waals surface area contributed by atoms with Crippen LogP contribution in [0.4, 0.5) is 10.1 Å². The van der Waals surface area contributed by atoms with E-state index >= 15 is 0 Å². The molecule has 0 atom stereocenters. The van der Waals surface area contributed by atoms with Crippen molar-refractivity contribution < 1.29 is 33.7 Å². The molecule has 0 bridgehead atoms. The molecule has 1 amide bonds. The van der Waals surface area contributed by atoms with Crippen LogP contribution in [-0.4, -0.2) is 60.9 Å². The van der Waals surface area contributed by atoms with Crippen LogP contribution in [0.15, 0.2) is 23.4 Å². The van der Waals surface area contributed by atoms with Crippen LogP contribution in [0.3, 0.4) is 0 Å². The first-order chi connectivity index (χ1) is 11.4. The Balaban J connectivity index is 2.42. The monoisotopic (exact) mass is 340 g/mol. The van der Waals surface area contributed by atoms with Crippen LogP contribution < -0.4 is 10.1 Å². The van der Waals surface area contributed by atoms with E-state index < -0.39 is 23.4 Å². The molecule has 1 aromatic rings. The summed E-state index contributed by atoms with van der Waals surface area (Å²) in [5.74, 6) is -2.74. The molecule has 1 heterocycles. The van der Waals surface area contributed by atoms with Crippen molar-refractivity contribution in [1.82, 2.24) is 4.90 Å². The number of hydrogen-bond acceptors (Lipinski definition) is 7. The van der Waals surface area contributed by atoms with Crippen molar-refractivity contribution in [1.29, 1.82) is 0 Å². The first-order valence-corrected chi connectivity index (χ1v) is 6.98. The van der Waals surface area contributed by atoms with Gasteiger partial charge in [-0.25, -0.2) is 9.18 Å². The largest absolute Gasteiger partial charge is 0.505 e. The SMILES string of the molecule is COC(=O)C1=C(Nc2cc(O)c(F)cc2OC)C(=O)N(CCO)C1. The van der Waals surface area contributed by atoms with Crippen LogP contribution in [0.25, 0.3) is 0 Å². The number of phenols is 1. The molecular formula is C15H17FN2O6. The number of aromatic hydroxyl groups is 1. The molecule has 3 N–H and O–H groups in total. The number of nitrogens with one attached hydrogen (secondary N) is 1. The van der Waals surface area contributed by atoms with Gasteiger partial charge >= 0.3 is 5.97 Å². The Morgan fingerprint density at radius 1 is 1.42 bits per heavy atom. The molecule has 9 heteroatoms. The Hall–Kier alpha value is -2.81. The maximum absolute atomic E-state index is 13.4. The predicted molar refractivity (Wildman–Crippen MR) is 80.9 cm³/mol. The number of aliphatic hydroxyl groups excluding tert-OH is 1. The number of rotatable bonds is 6. The van der Waals surface area contributed by atoms with Crippen molar-refractivity contribution in [3.8, 4) is 11.5 Å². The third kappa shape index (κ3) is 3.25. The van der Waals surface area contributed by atoms with Gasteiger partial charge in [0.1, 0.15) is 11.4 Å². The van der Waals surface area contributed by atoms with Gasteiger partial charge in [-0.05, 0) is 0 Å². The third-order valence-electron chi connectivity index (χ3n) is 3.48. The number of amides is 1. The fraction of sp³-hybridized carbons (Fsp3) is 0.333. The molecule has 0 radical (unpaired) electrons. The van der Waals surface area contributed by atoms with Crippen molar-refractivity contribution in [2.75, 3.05) is 39.2 Å². The van der Waals surface area contributed by atoms with Gasteiger partial charge in [0.25, 0.3) is 5.91 Å². The van der Waals surface area contributed by atoms with Crippen LogP contribution in [-0.2, 0) is 14.3 Å². The quantitative estimate of drug-likeness (QED) is 0.636. The number of phenolic OH excluding ortho intramolecular Hbond substituents is 1. The zero-order valence-electron chi connectivity index (χ0n) is 13.1. The van der Waals surface area contributed by atoms with Gasteiger partial charge in [0.05, 0.1) is 38.6 Å². The minimum absolute atomic E-state index is 0.0374. The van der Waals surface area contributed by atoms with Gasteiger partial charge in [0.2, 0.25) is 0 Å². The van der Waals surface area contributed by atoms with E-state index in [-0.39, 0.29) is 42.4 Å². The Morgan fingerprint density at radius 3 is 2.71 bits per heavy atom. The van der Waals surface area contributed by atoms with Crippen molar-refractivity contribution >= 4 is 17.6 Å². The molecule has 0 aliphatic carbocycles. The van der Waals surface area contributed by atoms with Crippen LogP contribution in [0.5, 0.6) is 11.5 Å². The highest BCUT2D eigenvalue weighted by molar-refractivity contribution is 6.08. The highest BCUT2D eigenvalue weighted by Crippen LogP contribution is 2.33. The van der Waals surface area contributed by atoms with E-state index in [1.54, 1.807) is 0 Å². The fourth-order valence-electron chi connectivity index (χ4n) is 2.29. The number of halogens is 1. The number of methoxy groups -OCH3 is 2. The van der Waals surface area contributed by atoms with Crippen LogP contribution in [0.1, 0.15) is 0 Å².